The van der Waals surface area contributed by atoms with E-state index in [9.17, 15) is 9.18 Å². The van der Waals surface area contributed by atoms with E-state index in [1.807, 2.05) is 43.3 Å². The number of rotatable bonds is 13. The normalized spacial score (nSPS) is 10.7. The van der Waals surface area contributed by atoms with Gasteiger partial charge in [-0.1, -0.05) is 60.2 Å². The molecule has 3 rings (SSSR count). The van der Waals surface area contributed by atoms with Gasteiger partial charge in [-0.25, -0.2) is 4.39 Å². The van der Waals surface area contributed by atoms with Crippen molar-refractivity contribution >= 4 is 12.0 Å². The van der Waals surface area contributed by atoms with Crippen LogP contribution in [0.25, 0.3) is 6.08 Å². The van der Waals surface area contributed by atoms with Crippen LogP contribution in [0.5, 0.6) is 17.2 Å². The second-order valence-electron chi connectivity index (χ2n) is 9.21. The van der Waals surface area contributed by atoms with Gasteiger partial charge in [0.1, 0.15) is 5.82 Å². The van der Waals surface area contributed by atoms with Crippen LogP contribution in [0.1, 0.15) is 41.3 Å². The van der Waals surface area contributed by atoms with Gasteiger partial charge in [-0.05, 0) is 61.7 Å². The summed E-state index contributed by atoms with van der Waals surface area (Å²) in [5, 5.41) is 3.29. The van der Waals surface area contributed by atoms with Crippen molar-refractivity contribution in [1.82, 2.24) is 10.2 Å². The number of methoxy groups -OCH3 is 3. The Morgan fingerprint density at radius 1 is 0.975 bits per heavy atom. The lowest BCUT2D eigenvalue weighted by molar-refractivity contribution is 0.0806. The molecule has 0 saturated carbocycles. The van der Waals surface area contributed by atoms with Crippen molar-refractivity contribution in [2.45, 2.75) is 26.3 Å². The molecule has 0 aliphatic carbocycles. The molecule has 0 aliphatic rings. The number of unbranched alkanes of at least 4 members (excludes halogenated alkanes) is 1. The van der Waals surface area contributed by atoms with Gasteiger partial charge in [0.25, 0.3) is 5.91 Å². The number of halogens is 1. The first-order valence-electron chi connectivity index (χ1n) is 13.2. The van der Waals surface area contributed by atoms with E-state index in [4.69, 9.17) is 14.2 Å². The number of likely N-dealkylation sites (N-methyl/N-ethyl adjacent to an activating group) is 1. The van der Waals surface area contributed by atoms with Crippen molar-refractivity contribution in [3.05, 3.63) is 107 Å². The van der Waals surface area contributed by atoms with Gasteiger partial charge in [0.15, 0.2) is 11.5 Å². The largest absolute Gasteiger partial charge is 0.493 e. The van der Waals surface area contributed by atoms with Gasteiger partial charge in [-0.3, -0.25) is 4.79 Å². The van der Waals surface area contributed by atoms with Crippen LogP contribution in [0.4, 0.5) is 4.39 Å². The van der Waals surface area contributed by atoms with Crippen molar-refractivity contribution < 1.29 is 23.4 Å². The second kappa shape index (κ2) is 17.5. The molecule has 0 unspecified atom stereocenters. The minimum absolute atomic E-state index is 0.120. The molecule has 1 amide bonds. The van der Waals surface area contributed by atoms with Gasteiger partial charge >= 0.3 is 0 Å². The maximum Gasteiger partial charge on any atom is 0.254 e. The highest BCUT2D eigenvalue weighted by Crippen LogP contribution is 2.38. The molecule has 0 saturated heterocycles. The van der Waals surface area contributed by atoms with Gasteiger partial charge in [0.05, 0.1) is 21.3 Å². The Balaban J connectivity index is 0.000000337. The second-order valence-corrected chi connectivity index (χ2v) is 9.21. The molecule has 0 aliphatic heterocycles. The van der Waals surface area contributed by atoms with Crippen molar-refractivity contribution in [1.29, 1.82) is 0 Å². The van der Waals surface area contributed by atoms with Gasteiger partial charge < -0.3 is 24.4 Å². The summed E-state index contributed by atoms with van der Waals surface area (Å²) in [6.45, 7) is 7.96. The van der Waals surface area contributed by atoms with Gasteiger partial charge in [0.2, 0.25) is 5.75 Å². The summed E-state index contributed by atoms with van der Waals surface area (Å²) in [7, 11) is 6.36. The Kier molecular flexibility index (Phi) is 14.0. The Bertz CT molecular complexity index is 1200. The summed E-state index contributed by atoms with van der Waals surface area (Å²) in [5.74, 6) is 1.08. The van der Waals surface area contributed by atoms with E-state index in [-0.39, 0.29) is 11.7 Å². The standard InChI is InChI=1S/C21H25NO4.C12H16FN/c1-15(11-16-9-7-6-8-10-16)14-22(2)21(23)17-12-18(24-3)20(26-5)19(13-17)25-4;1-2-3-4-9-14-10-11-5-7-12(13)8-6-11/h6-13H,14H2,1-5H3;2,5-8,14H,1,3-4,9-10H2/b15-11+;. The van der Waals surface area contributed by atoms with Gasteiger partial charge in [-0.2, -0.15) is 0 Å². The van der Waals surface area contributed by atoms with Gasteiger partial charge in [0, 0.05) is 25.7 Å². The monoisotopic (exact) mass is 548 g/mol. The maximum atomic E-state index is 12.8. The highest BCUT2D eigenvalue weighted by Gasteiger charge is 2.19. The summed E-state index contributed by atoms with van der Waals surface area (Å²) >= 11 is 0. The van der Waals surface area contributed by atoms with Crippen molar-refractivity contribution in [3.8, 4) is 17.2 Å². The number of hydrogen-bond acceptors (Lipinski definition) is 5. The van der Waals surface area contributed by atoms with Crippen molar-refractivity contribution in [2.24, 2.45) is 0 Å². The number of carbonyl (C=O) groups is 1. The number of carbonyl (C=O) groups excluding carboxylic acids is 1. The molecular formula is C33H41FN2O4. The summed E-state index contributed by atoms with van der Waals surface area (Å²) in [4.78, 5) is 14.5. The lowest BCUT2D eigenvalue weighted by Crippen LogP contribution is -2.28. The van der Waals surface area contributed by atoms with E-state index in [0.29, 0.717) is 29.4 Å². The zero-order chi connectivity index (χ0) is 29.3. The average molecular weight is 549 g/mol. The summed E-state index contributed by atoms with van der Waals surface area (Å²) in [6.07, 6.45) is 6.12. The van der Waals surface area contributed by atoms with E-state index in [0.717, 1.165) is 42.6 Å². The zero-order valence-corrected chi connectivity index (χ0v) is 24.2. The molecule has 3 aromatic carbocycles. The Labute approximate surface area is 238 Å². The molecule has 6 nitrogen and oxygen atoms in total. The fraction of sp³-hybridized carbons (Fsp3) is 0.303. The van der Waals surface area contributed by atoms with E-state index >= 15 is 0 Å². The third kappa shape index (κ3) is 10.6. The number of benzene rings is 3. The Morgan fingerprint density at radius 2 is 1.60 bits per heavy atom. The van der Waals surface area contributed by atoms with Crippen LogP contribution in [0.3, 0.4) is 0 Å². The number of hydrogen-bond donors (Lipinski definition) is 1. The van der Waals surface area contributed by atoms with Crippen LogP contribution >= 0.6 is 0 Å². The van der Waals surface area contributed by atoms with E-state index in [1.54, 1.807) is 36.2 Å². The lowest BCUT2D eigenvalue weighted by atomic mass is 10.1. The number of nitrogens with zero attached hydrogens (tertiary/aromatic N) is 1. The van der Waals surface area contributed by atoms with Crippen LogP contribution in [0, 0.1) is 5.82 Å². The van der Waals surface area contributed by atoms with Crippen LogP contribution in [-0.4, -0.2) is 52.3 Å². The van der Waals surface area contributed by atoms with Crippen molar-refractivity contribution in [2.75, 3.05) is 41.5 Å². The number of ether oxygens (including phenoxy) is 3. The number of amides is 1. The Hall–Kier alpha value is -4.10. The number of nitrogens with one attached hydrogen (secondary N) is 1. The molecule has 40 heavy (non-hydrogen) atoms. The molecule has 0 radical (unpaired) electrons. The average Bonchev–Trinajstić information content (AvgIpc) is 2.97. The van der Waals surface area contributed by atoms with E-state index in [1.165, 1.54) is 33.5 Å². The predicted octanol–water partition coefficient (Wildman–Crippen LogP) is 6.77. The highest BCUT2D eigenvalue weighted by atomic mass is 19.1. The quantitative estimate of drug-likeness (QED) is 0.189. The fourth-order valence-electron chi connectivity index (χ4n) is 3.96. The van der Waals surface area contributed by atoms with Crippen molar-refractivity contribution in [3.63, 3.8) is 0 Å². The molecule has 0 aromatic heterocycles. The summed E-state index contributed by atoms with van der Waals surface area (Å²) in [5.41, 5.74) is 3.79. The highest BCUT2D eigenvalue weighted by molar-refractivity contribution is 5.95. The third-order valence-electron chi connectivity index (χ3n) is 5.96. The molecule has 0 spiro atoms. The molecular weight excluding hydrogens is 507 g/mol. The SMILES string of the molecule is C=CCCCNCc1ccc(F)cc1.COc1cc(C(=O)N(C)C/C(C)=C/c2ccccc2)cc(OC)c1OC. The molecule has 0 heterocycles. The molecule has 3 aromatic rings. The molecule has 0 fully saturated rings. The number of allylic oxidation sites excluding steroid dienone is 1. The van der Waals surface area contributed by atoms with E-state index in [2.05, 4.69) is 18.0 Å². The molecule has 0 atom stereocenters. The molecule has 214 valence electrons. The fourth-order valence-corrected chi connectivity index (χ4v) is 3.96. The molecule has 7 heteroatoms. The summed E-state index contributed by atoms with van der Waals surface area (Å²) in [6, 6.07) is 19.9. The minimum atomic E-state index is -0.180. The summed E-state index contributed by atoms with van der Waals surface area (Å²) < 4.78 is 28.5. The third-order valence-corrected chi connectivity index (χ3v) is 5.96. The topological polar surface area (TPSA) is 60.0 Å². The first kappa shape index (κ1) is 32.1. The van der Waals surface area contributed by atoms with Crippen LogP contribution in [-0.2, 0) is 6.54 Å². The zero-order valence-electron chi connectivity index (χ0n) is 24.2. The minimum Gasteiger partial charge on any atom is -0.493 e. The van der Waals surface area contributed by atoms with Crippen LogP contribution in [0.15, 0.2) is 85.0 Å². The molecule has 0 bridgehead atoms. The van der Waals surface area contributed by atoms with E-state index < -0.39 is 0 Å². The smallest absolute Gasteiger partial charge is 0.254 e. The first-order chi connectivity index (χ1) is 19.3. The molecule has 1 N–H and O–H groups in total. The van der Waals surface area contributed by atoms with Crippen LogP contribution < -0.4 is 19.5 Å². The maximum absolute atomic E-state index is 12.8. The van der Waals surface area contributed by atoms with Gasteiger partial charge in [-0.15, -0.1) is 6.58 Å². The Morgan fingerprint density at radius 3 is 2.15 bits per heavy atom. The van der Waals surface area contributed by atoms with Crippen LogP contribution in [0.2, 0.25) is 0 Å². The first-order valence-corrected chi connectivity index (χ1v) is 13.2. The lowest BCUT2D eigenvalue weighted by Gasteiger charge is -2.20. The predicted molar refractivity (Wildman–Crippen MR) is 161 cm³/mol.